The van der Waals surface area contributed by atoms with E-state index in [0.29, 0.717) is 10.3 Å². The summed E-state index contributed by atoms with van der Waals surface area (Å²) in [5.41, 5.74) is 3.85. The van der Waals surface area contributed by atoms with E-state index in [1.165, 1.54) is 11.8 Å². The summed E-state index contributed by atoms with van der Waals surface area (Å²) in [6.07, 6.45) is 0. The van der Waals surface area contributed by atoms with E-state index in [0.717, 1.165) is 22.8 Å². The van der Waals surface area contributed by atoms with Gasteiger partial charge in [-0.05, 0) is 51.6 Å². The molecule has 4 nitrogen and oxygen atoms in total. The first-order valence-corrected chi connectivity index (χ1v) is 6.17. The summed E-state index contributed by atoms with van der Waals surface area (Å²) in [4.78, 5) is 17.4. The molecule has 88 valence electrons. The summed E-state index contributed by atoms with van der Waals surface area (Å²) in [6, 6.07) is 3.90. The molecular formula is C12H14N4S. The van der Waals surface area contributed by atoms with E-state index in [4.69, 9.17) is 0 Å². The second kappa shape index (κ2) is 4.79. The highest BCUT2D eigenvalue weighted by Gasteiger charge is 2.06. The molecule has 0 amide bonds. The van der Waals surface area contributed by atoms with Crippen LogP contribution in [0.5, 0.6) is 0 Å². The Morgan fingerprint density at radius 3 is 1.24 bits per heavy atom. The number of aromatic nitrogens is 4. The van der Waals surface area contributed by atoms with Gasteiger partial charge in [0.1, 0.15) is 0 Å². The first-order valence-electron chi connectivity index (χ1n) is 5.35. The Bertz CT molecular complexity index is 464. The zero-order valence-corrected chi connectivity index (χ0v) is 11.2. The fourth-order valence-corrected chi connectivity index (χ4v) is 2.48. The number of nitrogens with zero attached hydrogens (tertiary/aromatic N) is 4. The molecule has 0 saturated heterocycles. The average Bonchev–Trinajstić information content (AvgIpc) is 2.13. The van der Waals surface area contributed by atoms with E-state index in [1.807, 2.05) is 39.8 Å². The lowest BCUT2D eigenvalue weighted by Crippen LogP contribution is -1.96. The van der Waals surface area contributed by atoms with Crippen molar-refractivity contribution in [2.24, 2.45) is 0 Å². The van der Waals surface area contributed by atoms with Crippen molar-refractivity contribution in [3.63, 3.8) is 0 Å². The number of aryl methyl sites for hydroxylation is 4. The van der Waals surface area contributed by atoms with E-state index in [2.05, 4.69) is 19.9 Å². The van der Waals surface area contributed by atoms with Crippen molar-refractivity contribution in [1.82, 2.24) is 19.9 Å². The molecule has 2 rings (SSSR count). The molecule has 17 heavy (non-hydrogen) atoms. The molecule has 0 aliphatic rings. The lowest BCUT2D eigenvalue weighted by molar-refractivity contribution is 0.869. The summed E-state index contributed by atoms with van der Waals surface area (Å²) in [7, 11) is 0. The fourth-order valence-electron chi connectivity index (χ4n) is 1.56. The molecule has 0 saturated carbocycles. The van der Waals surface area contributed by atoms with Gasteiger partial charge in [-0.15, -0.1) is 0 Å². The van der Waals surface area contributed by atoms with Crippen LogP contribution in [-0.2, 0) is 0 Å². The van der Waals surface area contributed by atoms with Crippen molar-refractivity contribution in [3.05, 3.63) is 34.9 Å². The van der Waals surface area contributed by atoms with Gasteiger partial charge in [-0.3, -0.25) is 0 Å². The van der Waals surface area contributed by atoms with Crippen LogP contribution in [0.15, 0.2) is 22.4 Å². The molecule has 0 fully saturated rings. The molecule has 0 radical (unpaired) electrons. The normalized spacial score (nSPS) is 10.6. The summed E-state index contributed by atoms with van der Waals surface area (Å²) < 4.78 is 0. The lowest BCUT2D eigenvalue weighted by Gasteiger charge is -2.03. The average molecular weight is 246 g/mol. The van der Waals surface area contributed by atoms with Crippen LogP contribution in [0, 0.1) is 27.7 Å². The van der Waals surface area contributed by atoms with Crippen LogP contribution in [0.2, 0.25) is 0 Å². The third-order valence-electron chi connectivity index (χ3n) is 2.11. The predicted molar refractivity (Wildman–Crippen MR) is 67.1 cm³/mol. The molecule has 0 aromatic carbocycles. The second-order valence-electron chi connectivity index (χ2n) is 3.97. The largest absolute Gasteiger partial charge is 0.228 e. The van der Waals surface area contributed by atoms with Gasteiger partial charge >= 0.3 is 0 Å². The van der Waals surface area contributed by atoms with Gasteiger partial charge in [-0.1, -0.05) is 0 Å². The molecule has 0 aliphatic carbocycles. The predicted octanol–water partition coefficient (Wildman–Crippen LogP) is 2.65. The van der Waals surface area contributed by atoms with Gasteiger partial charge in [0.25, 0.3) is 0 Å². The van der Waals surface area contributed by atoms with E-state index >= 15 is 0 Å². The smallest absolute Gasteiger partial charge is 0.195 e. The number of hydrogen-bond donors (Lipinski definition) is 0. The van der Waals surface area contributed by atoms with E-state index in [9.17, 15) is 0 Å². The van der Waals surface area contributed by atoms with Gasteiger partial charge < -0.3 is 0 Å². The van der Waals surface area contributed by atoms with Crippen LogP contribution in [0.4, 0.5) is 0 Å². The second-order valence-corrected chi connectivity index (χ2v) is 4.90. The first kappa shape index (κ1) is 12.0. The summed E-state index contributed by atoms with van der Waals surface area (Å²) in [5.74, 6) is 0. The van der Waals surface area contributed by atoms with Crippen molar-refractivity contribution >= 4 is 11.8 Å². The highest BCUT2D eigenvalue weighted by atomic mass is 32.2. The van der Waals surface area contributed by atoms with Crippen LogP contribution in [-0.4, -0.2) is 19.9 Å². The minimum atomic E-state index is 0.701. The van der Waals surface area contributed by atoms with Crippen LogP contribution < -0.4 is 0 Å². The highest BCUT2D eigenvalue weighted by molar-refractivity contribution is 7.99. The van der Waals surface area contributed by atoms with Crippen LogP contribution in [0.3, 0.4) is 0 Å². The molecule has 0 spiro atoms. The molecule has 5 heteroatoms. The third kappa shape index (κ3) is 3.23. The number of hydrogen-bond acceptors (Lipinski definition) is 5. The van der Waals surface area contributed by atoms with E-state index < -0.39 is 0 Å². The van der Waals surface area contributed by atoms with Crippen molar-refractivity contribution in [2.75, 3.05) is 0 Å². The van der Waals surface area contributed by atoms with Crippen LogP contribution >= 0.6 is 11.8 Å². The van der Waals surface area contributed by atoms with Crippen molar-refractivity contribution in [1.29, 1.82) is 0 Å². The third-order valence-corrected chi connectivity index (χ3v) is 2.84. The topological polar surface area (TPSA) is 51.6 Å². The van der Waals surface area contributed by atoms with Gasteiger partial charge in [0.2, 0.25) is 0 Å². The molecule has 2 heterocycles. The Morgan fingerprint density at radius 1 is 0.647 bits per heavy atom. The Morgan fingerprint density at radius 2 is 0.941 bits per heavy atom. The van der Waals surface area contributed by atoms with Gasteiger partial charge in [0, 0.05) is 22.8 Å². The van der Waals surface area contributed by atoms with Crippen molar-refractivity contribution < 1.29 is 0 Å². The maximum absolute atomic E-state index is 4.36. The van der Waals surface area contributed by atoms with Crippen LogP contribution in [0.25, 0.3) is 0 Å². The molecule has 0 unspecified atom stereocenters. The maximum atomic E-state index is 4.36. The summed E-state index contributed by atoms with van der Waals surface area (Å²) >= 11 is 1.40. The van der Waals surface area contributed by atoms with E-state index in [1.54, 1.807) is 0 Å². The van der Waals surface area contributed by atoms with Gasteiger partial charge in [-0.2, -0.15) is 0 Å². The lowest BCUT2D eigenvalue weighted by atomic mass is 10.4. The molecule has 0 atom stereocenters. The molecule has 0 aliphatic heterocycles. The Balaban J connectivity index is 2.31. The summed E-state index contributed by atoms with van der Waals surface area (Å²) in [5, 5.41) is 1.40. The first-order chi connectivity index (χ1) is 8.02. The zero-order chi connectivity index (χ0) is 12.4. The van der Waals surface area contributed by atoms with Crippen molar-refractivity contribution in [3.8, 4) is 0 Å². The molecule has 2 aromatic heterocycles. The van der Waals surface area contributed by atoms with Crippen LogP contribution in [0.1, 0.15) is 22.8 Å². The Kier molecular flexibility index (Phi) is 3.38. The number of rotatable bonds is 2. The fraction of sp³-hybridized carbons (Fsp3) is 0.333. The van der Waals surface area contributed by atoms with Gasteiger partial charge in [0.15, 0.2) is 10.3 Å². The minimum absolute atomic E-state index is 0.701. The molecule has 2 aromatic rings. The zero-order valence-electron chi connectivity index (χ0n) is 10.4. The minimum Gasteiger partial charge on any atom is -0.228 e. The summed E-state index contributed by atoms with van der Waals surface area (Å²) in [6.45, 7) is 7.84. The Hall–Kier alpha value is -1.49. The maximum Gasteiger partial charge on any atom is 0.195 e. The Labute approximate surface area is 105 Å². The van der Waals surface area contributed by atoms with Gasteiger partial charge in [-0.25, -0.2) is 19.9 Å². The standard InChI is InChI=1S/C12H14N4S/c1-7-5-8(2)14-11(13-7)17-12-15-9(3)6-10(4)16-12/h5-6H,1-4H3. The monoisotopic (exact) mass is 246 g/mol. The molecule has 0 bridgehead atoms. The SMILES string of the molecule is Cc1cc(C)nc(Sc2nc(C)cc(C)n2)n1. The van der Waals surface area contributed by atoms with Crippen molar-refractivity contribution in [2.45, 2.75) is 38.0 Å². The van der Waals surface area contributed by atoms with Gasteiger partial charge in [0.05, 0.1) is 0 Å². The quantitative estimate of drug-likeness (QED) is 0.762. The molecule has 0 N–H and O–H groups in total. The highest BCUT2D eigenvalue weighted by Crippen LogP contribution is 2.21. The van der Waals surface area contributed by atoms with E-state index in [-0.39, 0.29) is 0 Å². The molecular weight excluding hydrogens is 232 g/mol.